The molecule has 1 amide bonds. The maximum atomic E-state index is 12.3. The summed E-state index contributed by atoms with van der Waals surface area (Å²) < 4.78 is 0. The smallest absolute Gasteiger partial charge is 0.247 e. The molecule has 1 unspecified atom stereocenters. The standard InChI is InChI=1S/C15H23N5O/c1-9(2)8-11-15(21)19-12-13(18-11)16-10(3)17-14(12)20-6-4-5-7-20/h9,11H,4-8H2,1-3H3,(H,19,21)(H,16,17,18). The average Bonchev–Trinajstić information content (AvgIpc) is 2.92. The van der Waals surface area contributed by atoms with Gasteiger partial charge < -0.3 is 15.5 Å². The first-order valence-electron chi connectivity index (χ1n) is 7.75. The summed E-state index contributed by atoms with van der Waals surface area (Å²) >= 11 is 0. The highest BCUT2D eigenvalue weighted by molar-refractivity contribution is 6.05. The Morgan fingerprint density at radius 1 is 1.29 bits per heavy atom. The molecule has 3 heterocycles. The predicted octanol–water partition coefficient (Wildman–Crippen LogP) is 2.16. The fourth-order valence-electron chi connectivity index (χ4n) is 3.01. The number of fused-ring (bicyclic) bond motifs is 1. The number of nitrogens with one attached hydrogen (secondary N) is 2. The van der Waals surface area contributed by atoms with Crippen LogP contribution >= 0.6 is 0 Å². The second-order valence-corrected chi connectivity index (χ2v) is 6.33. The number of carbonyl (C=O) groups excluding carboxylic acids is 1. The summed E-state index contributed by atoms with van der Waals surface area (Å²) in [5, 5.41) is 6.31. The van der Waals surface area contributed by atoms with E-state index in [0.29, 0.717) is 5.92 Å². The molecule has 1 atom stereocenters. The number of anilines is 3. The van der Waals surface area contributed by atoms with E-state index in [4.69, 9.17) is 0 Å². The molecule has 21 heavy (non-hydrogen) atoms. The molecule has 0 radical (unpaired) electrons. The van der Waals surface area contributed by atoms with Crippen LogP contribution in [-0.4, -0.2) is 35.0 Å². The highest BCUT2D eigenvalue weighted by atomic mass is 16.2. The summed E-state index contributed by atoms with van der Waals surface area (Å²) in [7, 11) is 0. The minimum Gasteiger partial charge on any atom is -0.356 e. The molecule has 0 aliphatic carbocycles. The zero-order valence-corrected chi connectivity index (χ0v) is 12.9. The van der Waals surface area contributed by atoms with Crippen molar-refractivity contribution < 1.29 is 4.79 Å². The monoisotopic (exact) mass is 289 g/mol. The minimum atomic E-state index is -0.210. The van der Waals surface area contributed by atoms with Crippen molar-refractivity contribution in [1.29, 1.82) is 0 Å². The number of hydrogen-bond donors (Lipinski definition) is 2. The molecule has 6 heteroatoms. The molecule has 1 fully saturated rings. The van der Waals surface area contributed by atoms with Crippen molar-refractivity contribution in [1.82, 2.24) is 9.97 Å². The first kappa shape index (κ1) is 14.1. The second kappa shape index (κ2) is 5.50. The largest absolute Gasteiger partial charge is 0.356 e. The SMILES string of the molecule is Cc1nc2c(c(N3CCCC3)n1)NC(=O)C(CC(C)C)N2. The number of nitrogens with zero attached hydrogens (tertiary/aromatic N) is 3. The Kier molecular flexibility index (Phi) is 3.69. The van der Waals surface area contributed by atoms with Gasteiger partial charge in [-0.25, -0.2) is 9.97 Å². The van der Waals surface area contributed by atoms with E-state index in [0.717, 1.165) is 42.7 Å². The van der Waals surface area contributed by atoms with Crippen molar-refractivity contribution >= 4 is 23.2 Å². The van der Waals surface area contributed by atoms with E-state index in [1.807, 2.05) is 6.92 Å². The quantitative estimate of drug-likeness (QED) is 0.892. The molecule has 2 N–H and O–H groups in total. The summed E-state index contributed by atoms with van der Waals surface area (Å²) in [6.45, 7) is 8.12. The van der Waals surface area contributed by atoms with Gasteiger partial charge in [-0.1, -0.05) is 13.8 Å². The molecule has 114 valence electrons. The summed E-state index contributed by atoms with van der Waals surface area (Å²) in [5.74, 6) is 2.83. The Morgan fingerprint density at radius 2 is 2.00 bits per heavy atom. The van der Waals surface area contributed by atoms with Crippen molar-refractivity contribution in [3.63, 3.8) is 0 Å². The van der Waals surface area contributed by atoms with Crippen LogP contribution in [0.3, 0.4) is 0 Å². The lowest BCUT2D eigenvalue weighted by Crippen LogP contribution is -2.41. The van der Waals surface area contributed by atoms with Crippen molar-refractivity contribution in [2.45, 2.75) is 46.1 Å². The summed E-state index contributed by atoms with van der Waals surface area (Å²) in [6, 6.07) is -0.210. The van der Waals surface area contributed by atoms with Crippen LogP contribution in [0.5, 0.6) is 0 Å². The molecule has 0 spiro atoms. The van der Waals surface area contributed by atoms with E-state index in [-0.39, 0.29) is 11.9 Å². The summed E-state index contributed by atoms with van der Waals surface area (Å²) in [5.41, 5.74) is 0.743. The molecular weight excluding hydrogens is 266 g/mol. The lowest BCUT2D eigenvalue weighted by molar-refractivity contribution is -0.117. The molecule has 0 saturated carbocycles. The van der Waals surface area contributed by atoms with Crippen molar-refractivity contribution in [3.05, 3.63) is 5.82 Å². The molecule has 1 aromatic rings. The fourth-order valence-corrected chi connectivity index (χ4v) is 3.01. The van der Waals surface area contributed by atoms with Gasteiger partial charge in [0.2, 0.25) is 5.91 Å². The number of carbonyl (C=O) groups is 1. The average molecular weight is 289 g/mol. The molecule has 1 saturated heterocycles. The lowest BCUT2D eigenvalue weighted by Gasteiger charge is -2.30. The van der Waals surface area contributed by atoms with Crippen LogP contribution in [0.4, 0.5) is 17.3 Å². The van der Waals surface area contributed by atoms with E-state index >= 15 is 0 Å². The zero-order chi connectivity index (χ0) is 15.0. The van der Waals surface area contributed by atoms with Crippen molar-refractivity contribution in [3.8, 4) is 0 Å². The normalized spacial score (nSPS) is 21.2. The first-order chi connectivity index (χ1) is 10.0. The van der Waals surface area contributed by atoms with Crippen LogP contribution in [0.25, 0.3) is 0 Å². The first-order valence-corrected chi connectivity index (χ1v) is 7.75. The van der Waals surface area contributed by atoms with Crippen LogP contribution in [0.15, 0.2) is 0 Å². The Morgan fingerprint density at radius 3 is 2.67 bits per heavy atom. The van der Waals surface area contributed by atoms with Crippen LogP contribution in [0.2, 0.25) is 0 Å². The van der Waals surface area contributed by atoms with Gasteiger partial charge >= 0.3 is 0 Å². The van der Waals surface area contributed by atoms with Gasteiger partial charge in [-0.15, -0.1) is 0 Å². The maximum absolute atomic E-state index is 12.3. The van der Waals surface area contributed by atoms with Crippen molar-refractivity contribution in [2.75, 3.05) is 28.6 Å². The number of hydrogen-bond acceptors (Lipinski definition) is 5. The van der Waals surface area contributed by atoms with E-state index in [2.05, 4.69) is 39.3 Å². The maximum Gasteiger partial charge on any atom is 0.247 e. The third-order valence-electron chi connectivity index (χ3n) is 3.99. The van der Waals surface area contributed by atoms with Crippen LogP contribution < -0.4 is 15.5 Å². The third-order valence-corrected chi connectivity index (χ3v) is 3.99. The van der Waals surface area contributed by atoms with Gasteiger partial charge in [-0.2, -0.15) is 0 Å². The van der Waals surface area contributed by atoms with Gasteiger partial charge in [-0.3, -0.25) is 4.79 Å². The van der Waals surface area contributed by atoms with E-state index in [9.17, 15) is 4.79 Å². The van der Waals surface area contributed by atoms with Gasteiger partial charge in [0.15, 0.2) is 11.6 Å². The molecule has 0 aromatic carbocycles. The number of aromatic nitrogens is 2. The van der Waals surface area contributed by atoms with E-state index in [1.54, 1.807) is 0 Å². The van der Waals surface area contributed by atoms with Crippen LogP contribution in [-0.2, 0) is 4.79 Å². The Labute approximate surface area is 125 Å². The van der Waals surface area contributed by atoms with Gasteiger partial charge in [0.1, 0.15) is 17.6 Å². The van der Waals surface area contributed by atoms with Gasteiger partial charge in [-0.05, 0) is 32.1 Å². The highest BCUT2D eigenvalue weighted by Crippen LogP contribution is 2.35. The van der Waals surface area contributed by atoms with Gasteiger partial charge in [0, 0.05) is 13.1 Å². The topological polar surface area (TPSA) is 70.2 Å². The van der Waals surface area contributed by atoms with E-state index in [1.165, 1.54) is 12.8 Å². The van der Waals surface area contributed by atoms with E-state index < -0.39 is 0 Å². The lowest BCUT2D eigenvalue weighted by atomic mass is 10.0. The predicted molar refractivity (Wildman–Crippen MR) is 83.7 cm³/mol. The summed E-state index contributed by atoms with van der Waals surface area (Å²) in [6.07, 6.45) is 3.15. The molecular formula is C15H23N5O. The molecule has 6 nitrogen and oxygen atoms in total. The van der Waals surface area contributed by atoms with Gasteiger partial charge in [0.25, 0.3) is 0 Å². The molecule has 0 bridgehead atoms. The Balaban J connectivity index is 1.94. The number of aryl methyl sites for hydroxylation is 1. The molecule has 1 aromatic heterocycles. The van der Waals surface area contributed by atoms with Gasteiger partial charge in [0.05, 0.1) is 0 Å². The molecule has 2 aliphatic rings. The summed E-state index contributed by atoms with van der Waals surface area (Å²) in [4.78, 5) is 23.6. The van der Waals surface area contributed by atoms with Crippen LogP contribution in [0.1, 0.15) is 38.9 Å². The molecule has 3 rings (SSSR count). The van der Waals surface area contributed by atoms with Crippen LogP contribution in [0, 0.1) is 12.8 Å². The highest BCUT2D eigenvalue weighted by Gasteiger charge is 2.31. The Hall–Kier alpha value is -1.85. The molecule has 2 aliphatic heterocycles. The van der Waals surface area contributed by atoms with Crippen molar-refractivity contribution in [2.24, 2.45) is 5.92 Å². The minimum absolute atomic E-state index is 0.0177. The zero-order valence-electron chi connectivity index (χ0n) is 12.9. The third kappa shape index (κ3) is 2.80. The fraction of sp³-hybridized carbons (Fsp3) is 0.667. The number of amides is 1. The second-order valence-electron chi connectivity index (χ2n) is 6.33. The number of rotatable bonds is 3. The Bertz CT molecular complexity index is 551.